The lowest BCUT2D eigenvalue weighted by Crippen LogP contribution is -2.30. The van der Waals surface area contributed by atoms with Crippen LogP contribution in [-0.2, 0) is 27.8 Å². The molecule has 0 radical (unpaired) electrons. The van der Waals surface area contributed by atoms with Crippen LogP contribution in [0.2, 0.25) is 10.0 Å². The Balaban J connectivity index is 1.74. The molecule has 0 atom stereocenters. The third kappa shape index (κ3) is 6.12. The number of halogens is 2. The number of hydrogen-bond donors (Lipinski definition) is 1. The molecule has 1 aromatic carbocycles. The molecule has 0 bridgehead atoms. The SMILES string of the molecule is Cc1nn(C)c(C)c1/C=C/C(=O)OCC(=O)NCCc1ccc(Cl)cc1Cl. The number of aryl methyl sites for hydroxylation is 2. The van der Waals surface area contributed by atoms with Crippen LogP contribution < -0.4 is 5.32 Å². The van der Waals surface area contributed by atoms with Crippen LogP contribution in [0.1, 0.15) is 22.5 Å². The van der Waals surface area contributed by atoms with E-state index < -0.39 is 5.97 Å². The maximum Gasteiger partial charge on any atom is 0.331 e. The van der Waals surface area contributed by atoms with Gasteiger partial charge in [0.25, 0.3) is 5.91 Å². The average Bonchev–Trinajstić information content (AvgIpc) is 2.85. The van der Waals surface area contributed by atoms with Crippen molar-refractivity contribution in [2.45, 2.75) is 20.3 Å². The number of nitrogens with zero attached hydrogens (tertiary/aromatic N) is 2. The molecule has 1 aromatic heterocycles. The minimum Gasteiger partial charge on any atom is -0.452 e. The van der Waals surface area contributed by atoms with E-state index >= 15 is 0 Å². The molecular formula is C19H21Cl2N3O3. The molecule has 0 fully saturated rings. The number of hydrogen-bond acceptors (Lipinski definition) is 4. The number of benzene rings is 1. The summed E-state index contributed by atoms with van der Waals surface area (Å²) in [4.78, 5) is 23.6. The normalized spacial score (nSPS) is 11.0. The summed E-state index contributed by atoms with van der Waals surface area (Å²) in [5, 5.41) is 8.05. The van der Waals surface area contributed by atoms with Gasteiger partial charge in [-0.15, -0.1) is 0 Å². The predicted octanol–water partition coefficient (Wildman–Crippen LogP) is 3.26. The highest BCUT2D eigenvalue weighted by atomic mass is 35.5. The molecule has 0 spiro atoms. The van der Waals surface area contributed by atoms with E-state index in [0.29, 0.717) is 23.0 Å². The highest BCUT2D eigenvalue weighted by Gasteiger charge is 2.09. The van der Waals surface area contributed by atoms with Crippen molar-refractivity contribution < 1.29 is 14.3 Å². The lowest BCUT2D eigenvalue weighted by Gasteiger charge is -2.07. The van der Waals surface area contributed by atoms with Crippen molar-refractivity contribution in [1.29, 1.82) is 0 Å². The van der Waals surface area contributed by atoms with Gasteiger partial charge in [-0.2, -0.15) is 5.10 Å². The summed E-state index contributed by atoms with van der Waals surface area (Å²) in [6, 6.07) is 5.20. The Labute approximate surface area is 168 Å². The third-order valence-electron chi connectivity index (χ3n) is 4.03. The van der Waals surface area contributed by atoms with Crippen LogP contribution in [0.15, 0.2) is 24.3 Å². The van der Waals surface area contributed by atoms with Crippen LogP contribution >= 0.6 is 23.2 Å². The molecule has 8 heteroatoms. The van der Waals surface area contributed by atoms with Gasteiger partial charge in [0.2, 0.25) is 0 Å². The highest BCUT2D eigenvalue weighted by molar-refractivity contribution is 6.35. The molecule has 0 saturated carbocycles. The number of nitrogens with one attached hydrogen (secondary N) is 1. The van der Waals surface area contributed by atoms with E-state index in [1.54, 1.807) is 22.9 Å². The first-order chi connectivity index (χ1) is 12.8. The van der Waals surface area contributed by atoms with Crippen LogP contribution in [-0.4, -0.2) is 34.8 Å². The van der Waals surface area contributed by atoms with Gasteiger partial charge in [-0.3, -0.25) is 9.48 Å². The summed E-state index contributed by atoms with van der Waals surface area (Å²) in [5.41, 5.74) is 3.50. The first-order valence-electron chi connectivity index (χ1n) is 8.33. The standard InChI is InChI=1S/C19H21Cl2N3O3/c1-12-16(13(2)24(3)23-12)6-7-19(26)27-11-18(25)22-9-8-14-4-5-15(20)10-17(14)21/h4-7,10H,8-9,11H2,1-3H3,(H,22,25)/b7-6+. The van der Waals surface area contributed by atoms with Crippen molar-refractivity contribution in [1.82, 2.24) is 15.1 Å². The Hall–Kier alpha value is -2.31. The van der Waals surface area contributed by atoms with Crippen molar-refractivity contribution in [3.05, 3.63) is 56.8 Å². The summed E-state index contributed by atoms with van der Waals surface area (Å²) < 4.78 is 6.68. The molecular weight excluding hydrogens is 389 g/mol. The maximum atomic E-state index is 11.8. The Morgan fingerprint density at radius 3 is 2.67 bits per heavy atom. The second-order valence-electron chi connectivity index (χ2n) is 5.98. The number of esters is 1. The fraction of sp³-hybridized carbons (Fsp3) is 0.316. The fourth-order valence-corrected chi connectivity index (χ4v) is 2.98. The first-order valence-corrected chi connectivity index (χ1v) is 9.09. The zero-order valence-electron chi connectivity index (χ0n) is 15.4. The van der Waals surface area contributed by atoms with Gasteiger partial charge in [0.15, 0.2) is 6.61 Å². The molecule has 1 N–H and O–H groups in total. The molecule has 0 aliphatic heterocycles. The first kappa shape index (κ1) is 21.0. The summed E-state index contributed by atoms with van der Waals surface area (Å²) in [5.74, 6) is -0.968. The highest BCUT2D eigenvalue weighted by Crippen LogP contribution is 2.21. The van der Waals surface area contributed by atoms with Crippen LogP contribution in [0, 0.1) is 13.8 Å². The number of ether oxygens (including phenoxy) is 1. The van der Waals surface area contributed by atoms with Crippen LogP contribution in [0.25, 0.3) is 6.08 Å². The number of aromatic nitrogens is 2. The second kappa shape index (κ2) is 9.58. The number of carbonyl (C=O) groups is 2. The molecule has 0 saturated heterocycles. The van der Waals surface area contributed by atoms with E-state index in [2.05, 4.69) is 10.4 Å². The molecule has 0 aliphatic carbocycles. The number of rotatable bonds is 7. The topological polar surface area (TPSA) is 73.2 Å². The molecule has 144 valence electrons. The van der Waals surface area contributed by atoms with E-state index in [1.807, 2.05) is 27.0 Å². The Bertz CT molecular complexity index is 875. The molecule has 27 heavy (non-hydrogen) atoms. The zero-order valence-corrected chi connectivity index (χ0v) is 16.9. The van der Waals surface area contributed by atoms with Crippen molar-refractivity contribution in [3.8, 4) is 0 Å². The van der Waals surface area contributed by atoms with Crippen LogP contribution in [0.3, 0.4) is 0 Å². The lowest BCUT2D eigenvalue weighted by atomic mass is 10.1. The maximum absolute atomic E-state index is 11.8. The van der Waals surface area contributed by atoms with E-state index in [4.69, 9.17) is 27.9 Å². The zero-order chi connectivity index (χ0) is 20.0. The molecule has 6 nitrogen and oxygen atoms in total. The number of carbonyl (C=O) groups excluding carboxylic acids is 2. The molecule has 2 aromatic rings. The van der Waals surface area contributed by atoms with Gasteiger partial charge in [-0.1, -0.05) is 29.3 Å². The van der Waals surface area contributed by atoms with Gasteiger partial charge in [-0.25, -0.2) is 4.79 Å². The van der Waals surface area contributed by atoms with Gasteiger partial charge < -0.3 is 10.1 Å². The van der Waals surface area contributed by atoms with Crippen LogP contribution in [0.4, 0.5) is 0 Å². The van der Waals surface area contributed by atoms with Crippen molar-refractivity contribution in [2.24, 2.45) is 7.05 Å². The minimum atomic E-state index is -0.589. The van der Waals surface area contributed by atoms with E-state index in [9.17, 15) is 9.59 Å². The number of amides is 1. The summed E-state index contributed by atoms with van der Waals surface area (Å²) in [6.45, 7) is 3.80. The Morgan fingerprint density at radius 1 is 1.30 bits per heavy atom. The van der Waals surface area contributed by atoms with Gasteiger partial charge in [-0.05, 0) is 44.0 Å². The third-order valence-corrected chi connectivity index (χ3v) is 4.62. The summed E-state index contributed by atoms with van der Waals surface area (Å²) in [7, 11) is 1.83. The van der Waals surface area contributed by atoms with Crippen molar-refractivity contribution in [3.63, 3.8) is 0 Å². The van der Waals surface area contributed by atoms with Crippen molar-refractivity contribution >= 4 is 41.2 Å². The van der Waals surface area contributed by atoms with Gasteiger partial charge in [0, 0.05) is 41.0 Å². The largest absolute Gasteiger partial charge is 0.452 e. The van der Waals surface area contributed by atoms with Gasteiger partial charge >= 0.3 is 5.97 Å². The molecule has 1 heterocycles. The average molecular weight is 410 g/mol. The van der Waals surface area contributed by atoms with E-state index in [1.165, 1.54) is 6.08 Å². The summed E-state index contributed by atoms with van der Waals surface area (Å²) in [6.07, 6.45) is 3.48. The quantitative estimate of drug-likeness (QED) is 0.562. The van der Waals surface area contributed by atoms with Crippen molar-refractivity contribution in [2.75, 3.05) is 13.2 Å². The molecule has 2 rings (SSSR count). The smallest absolute Gasteiger partial charge is 0.331 e. The Morgan fingerprint density at radius 2 is 2.04 bits per heavy atom. The second-order valence-corrected chi connectivity index (χ2v) is 6.83. The molecule has 0 aliphatic rings. The Kier molecular flexibility index (Phi) is 7.45. The van der Waals surface area contributed by atoms with E-state index in [-0.39, 0.29) is 12.5 Å². The minimum absolute atomic E-state index is 0.345. The van der Waals surface area contributed by atoms with Gasteiger partial charge in [0.05, 0.1) is 5.69 Å². The van der Waals surface area contributed by atoms with Gasteiger partial charge in [0.1, 0.15) is 0 Å². The fourth-order valence-electron chi connectivity index (χ4n) is 2.48. The van der Waals surface area contributed by atoms with Crippen LogP contribution in [0.5, 0.6) is 0 Å². The monoisotopic (exact) mass is 409 g/mol. The summed E-state index contributed by atoms with van der Waals surface area (Å²) >= 11 is 11.9. The predicted molar refractivity (Wildman–Crippen MR) is 106 cm³/mol. The lowest BCUT2D eigenvalue weighted by molar-refractivity contribution is -0.143. The molecule has 1 amide bonds. The van der Waals surface area contributed by atoms with E-state index in [0.717, 1.165) is 22.5 Å². The molecule has 0 unspecified atom stereocenters.